The van der Waals surface area contributed by atoms with Crippen LogP contribution in [0.1, 0.15) is 36.8 Å². The first-order valence-electron chi connectivity index (χ1n) is 10.7. The molecule has 8 heteroatoms. The molecule has 2 aromatic carbocycles. The number of carbonyl (C=O) groups excluding carboxylic acids is 2. The van der Waals surface area contributed by atoms with Gasteiger partial charge in [0.15, 0.2) is 0 Å². The normalized spacial score (nSPS) is 14.1. The van der Waals surface area contributed by atoms with Crippen molar-refractivity contribution >= 4 is 18.0 Å². The molecule has 1 aliphatic carbocycles. The fraction of sp³-hybridized carbons (Fsp3) is 0.375. The van der Waals surface area contributed by atoms with Crippen molar-refractivity contribution in [3.63, 3.8) is 0 Å². The summed E-state index contributed by atoms with van der Waals surface area (Å²) in [5.41, 5.74) is 4.48. The minimum Gasteiger partial charge on any atom is -0.480 e. The fourth-order valence-corrected chi connectivity index (χ4v) is 3.95. The van der Waals surface area contributed by atoms with Gasteiger partial charge in [-0.2, -0.15) is 0 Å². The summed E-state index contributed by atoms with van der Waals surface area (Å²) in [7, 11) is 0. The first-order chi connectivity index (χ1) is 15.5. The number of nitrogens with one attached hydrogen (secondary N) is 2. The van der Waals surface area contributed by atoms with Crippen LogP contribution in [0.5, 0.6) is 0 Å². The van der Waals surface area contributed by atoms with Crippen LogP contribution < -0.4 is 10.6 Å². The van der Waals surface area contributed by atoms with Crippen molar-refractivity contribution in [2.45, 2.75) is 31.7 Å². The highest BCUT2D eigenvalue weighted by Crippen LogP contribution is 2.44. The maximum atomic E-state index is 12.4. The van der Waals surface area contributed by atoms with Crippen LogP contribution in [-0.2, 0) is 14.3 Å². The Bertz CT molecular complexity index is 931. The van der Waals surface area contributed by atoms with Gasteiger partial charge in [0.2, 0.25) is 5.91 Å². The molecule has 8 nitrogen and oxygen atoms in total. The number of carboxylic acid groups (broad SMARTS) is 1. The fourth-order valence-electron chi connectivity index (χ4n) is 3.95. The van der Waals surface area contributed by atoms with E-state index in [9.17, 15) is 14.4 Å². The third kappa shape index (κ3) is 5.26. The highest BCUT2D eigenvalue weighted by atomic mass is 16.5. The molecule has 1 aliphatic rings. The predicted molar refractivity (Wildman–Crippen MR) is 118 cm³/mol. The number of aliphatic hydroxyl groups is 1. The number of benzene rings is 2. The average Bonchev–Trinajstić information content (AvgIpc) is 3.11. The van der Waals surface area contributed by atoms with E-state index in [1.807, 2.05) is 36.4 Å². The molecule has 32 heavy (non-hydrogen) atoms. The van der Waals surface area contributed by atoms with Gasteiger partial charge in [0.1, 0.15) is 12.6 Å². The van der Waals surface area contributed by atoms with E-state index in [4.69, 9.17) is 14.9 Å². The third-order valence-electron chi connectivity index (χ3n) is 5.73. The van der Waals surface area contributed by atoms with Crippen LogP contribution >= 0.6 is 0 Å². The van der Waals surface area contributed by atoms with Gasteiger partial charge in [-0.3, -0.25) is 4.79 Å². The molecule has 0 aromatic heterocycles. The molecule has 170 valence electrons. The zero-order valence-corrected chi connectivity index (χ0v) is 17.9. The minimum atomic E-state index is -1.22. The topological polar surface area (TPSA) is 125 Å². The predicted octanol–water partition coefficient (Wildman–Crippen LogP) is 2.50. The van der Waals surface area contributed by atoms with Gasteiger partial charge in [0.25, 0.3) is 0 Å². The quantitative estimate of drug-likeness (QED) is 0.450. The summed E-state index contributed by atoms with van der Waals surface area (Å²) in [6.07, 6.45) is -0.318. The van der Waals surface area contributed by atoms with E-state index in [1.165, 1.54) is 0 Å². The first kappa shape index (κ1) is 23.3. The van der Waals surface area contributed by atoms with Crippen molar-refractivity contribution in [1.29, 1.82) is 0 Å². The van der Waals surface area contributed by atoms with Crippen molar-refractivity contribution in [1.82, 2.24) is 10.6 Å². The lowest BCUT2D eigenvalue weighted by Gasteiger charge is -2.20. The molecule has 3 rings (SSSR count). The minimum absolute atomic E-state index is 0.0183. The second-order valence-electron chi connectivity index (χ2n) is 7.72. The van der Waals surface area contributed by atoms with E-state index in [0.717, 1.165) is 22.3 Å². The second kappa shape index (κ2) is 10.8. The Kier molecular flexibility index (Phi) is 7.83. The van der Waals surface area contributed by atoms with E-state index in [2.05, 4.69) is 22.8 Å². The van der Waals surface area contributed by atoms with Crippen molar-refractivity contribution in [3.8, 4) is 11.1 Å². The maximum absolute atomic E-state index is 12.4. The van der Waals surface area contributed by atoms with Crippen molar-refractivity contribution in [3.05, 3.63) is 59.7 Å². The molecule has 0 saturated heterocycles. The molecule has 0 spiro atoms. The highest BCUT2D eigenvalue weighted by Gasteiger charge is 2.29. The Balaban J connectivity index is 1.55. The Morgan fingerprint density at radius 3 is 2.16 bits per heavy atom. The lowest BCUT2D eigenvalue weighted by molar-refractivity contribution is -0.142. The van der Waals surface area contributed by atoms with Gasteiger partial charge in [-0.1, -0.05) is 55.5 Å². The van der Waals surface area contributed by atoms with Gasteiger partial charge >= 0.3 is 12.1 Å². The van der Waals surface area contributed by atoms with Crippen LogP contribution in [0, 0.1) is 5.92 Å². The van der Waals surface area contributed by atoms with Crippen molar-refractivity contribution in [2.75, 3.05) is 19.8 Å². The standard InChI is InChI=1S/C24H28N2O6/c1-2-15(22(28)26-21(11-12-27)23(29)30)13-25-24(31)32-14-20-18-9-5-3-7-16(18)17-8-4-6-10-19(17)20/h3-10,15,20-21,27H,2,11-14H2,1H3,(H,25,31)(H,26,28)(H,29,30). The number of alkyl carbamates (subject to hydrolysis) is 1. The van der Waals surface area contributed by atoms with Gasteiger partial charge in [-0.05, 0) is 28.7 Å². The summed E-state index contributed by atoms with van der Waals surface area (Å²) in [4.78, 5) is 35.9. The number of fused-ring (bicyclic) bond motifs is 3. The zero-order valence-electron chi connectivity index (χ0n) is 17.9. The third-order valence-corrected chi connectivity index (χ3v) is 5.73. The van der Waals surface area contributed by atoms with Gasteiger partial charge in [-0.15, -0.1) is 0 Å². The molecule has 0 radical (unpaired) electrons. The van der Waals surface area contributed by atoms with Crippen molar-refractivity contribution < 1.29 is 29.3 Å². The number of carbonyl (C=O) groups is 3. The molecule has 0 heterocycles. The molecule has 0 saturated carbocycles. The number of aliphatic carboxylic acids is 1. The van der Waals surface area contributed by atoms with Crippen LogP contribution in [0.25, 0.3) is 11.1 Å². The van der Waals surface area contributed by atoms with E-state index >= 15 is 0 Å². The molecule has 4 N–H and O–H groups in total. The average molecular weight is 440 g/mol. The van der Waals surface area contributed by atoms with Crippen LogP contribution in [-0.4, -0.2) is 54.0 Å². The molecule has 2 atom stereocenters. The molecular weight excluding hydrogens is 412 g/mol. The number of hydrogen-bond acceptors (Lipinski definition) is 5. The Morgan fingerprint density at radius 1 is 1.03 bits per heavy atom. The summed E-state index contributed by atoms with van der Waals surface area (Å²) in [5.74, 6) is -2.39. The summed E-state index contributed by atoms with van der Waals surface area (Å²) < 4.78 is 5.46. The lowest BCUT2D eigenvalue weighted by atomic mass is 9.98. The molecule has 2 aromatic rings. The number of rotatable bonds is 10. The summed E-state index contributed by atoms with van der Waals surface area (Å²) >= 11 is 0. The maximum Gasteiger partial charge on any atom is 0.407 e. The number of hydrogen-bond donors (Lipinski definition) is 4. The smallest absolute Gasteiger partial charge is 0.407 e. The largest absolute Gasteiger partial charge is 0.480 e. The zero-order chi connectivity index (χ0) is 23.1. The van der Waals surface area contributed by atoms with E-state index < -0.39 is 29.9 Å². The van der Waals surface area contributed by atoms with Crippen LogP contribution in [0.3, 0.4) is 0 Å². The number of amides is 2. The van der Waals surface area contributed by atoms with Crippen LogP contribution in [0.4, 0.5) is 4.79 Å². The SMILES string of the molecule is CCC(CNC(=O)OCC1c2ccccc2-c2ccccc21)C(=O)NC(CCO)C(=O)O. The van der Waals surface area contributed by atoms with Crippen LogP contribution in [0.15, 0.2) is 48.5 Å². The van der Waals surface area contributed by atoms with Gasteiger partial charge in [0, 0.05) is 25.5 Å². The Labute approximate surface area is 186 Å². The van der Waals surface area contributed by atoms with Gasteiger partial charge in [0.05, 0.1) is 5.92 Å². The summed E-state index contributed by atoms with van der Waals surface area (Å²) in [6.45, 7) is 1.60. The van der Waals surface area contributed by atoms with Crippen LogP contribution in [0.2, 0.25) is 0 Å². The van der Waals surface area contributed by atoms with Crippen molar-refractivity contribution in [2.24, 2.45) is 5.92 Å². The second-order valence-corrected chi connectivity index (χ2v) is 7.72. The number of ether oxygens (including phenoxy) is 1. The molecule has 0 bridgehead atoms. The summed E-state index contributed by atoms with van der Waals surface area (Å²) in [5, 5.41) is 23.1. The molecule has 0 aliphatic heterocycles. The number of carboxylic acids is 1. The monoisotopic (exact) mass is 440 g/mol. The molecule has 2 unspecified atom stereocenters. The van der Waals surface area contributed by atoms with E-state index in [0.29, 0.717) is 6.42 Å². The first-order valence-corrected chi connectivity index (χ1v) is 10.7. The molecular formula is C24H28N2O6. The number of aliphatic hydroxyl groups excluding tert-OH is 1. The molecule has 0 fully saturated rings. The lowest BCUT2D eigenvalue weighted by Crippen LogP contribution is -2.46. The van der Waals surface area contributed by atoms with E-state index in [1.54, 1.807) is 6.92 Å². The Hall–Kier alpha value is -3.39. The Morgan fingerprint density at radius 2 is 1.62 bits per heavy atom. The highest BCUT2D eigenvalue weighted by molar-refractivity contribution is 5.85. The molecule has 2 amide bonds. The summed E-state index contributed by atoms with van der Waals surface area (Å²) in [6, 6.07) is 14.9. The van der Waals surface area contributed by atoms with E-state index in [-0.39, 0.29) is 32.1 Å². The van der Waals surface area contributed by atoms with Gasteiger partial charge in [-0.25, -0.2) is 9.59 Å². The van der Waals surface area contributed by atoms with Gasteiger partial charge < -0.3 is 25.6 Å².